The van der Waals surface area contributed by atoms with Crippen LogP contribution in [-0.2, 0) is 16.6 Å². The van der Waals surface area contributed by atoms with Gasteiger partial charge in [-0.15, -0.1) is 0 Å². The van der Waals surface area contributed by atoms with Crippen LogP contribution in [-0.4, -0.2) is 58.9 Å². The zero-order valence-corrected chi connectivity index (χ0v) is 12.8. The van der Waals surface area contributed by atoms with E-state index < -0.39 is 10.0 Å². The highest BCUT2D eigenvalue weighted by molar-refractivity contribution is 7.89. The second-order valence-electron chi connectivity index (χ2n) is 4.73. The summed E-state index contributed by atoms with van der Waals surface area (Å²) < 4.78 is 31.1. The minimum absolute atomic E-state index is 0.00473. The van der Waals surface area contributed by atoms with Crippen molar-refractivity contribution >= 4 is 10.0 Å². The second kappa shape index (κ2) is 7.04. The van der Waals surface area contributed by atoms with Gasteiger partial charge in [-0.2, -0.15) is 4.31 Å². The van der Waals surface area contributed by atoms with Crippen molar-refractivity contribution in [2.75, 3.05) is 41.3 Å². The van der Waals surface area contributed by atoms with Crippen molar-refractivity contribution in [1.29, 1.82) is 0 Å². The number of furan rings is 1. The smallest absolute Gasteiger partial charge is 0.276 e. The summed E-state index contributed by atoms with van der Waals surface area (Å²) in [4.78, 5) is 2.03. The predicted molar refractivity (Wildman–Crippen MR) is 74.5 cm³/mol. The summed E-state index contributed by atoms with van der Waals surface area (Å²) >= 11 is 0. The summed E-state index contributed by atoms with van der Waals surface area (Å²) in [5, 5.41) is 2.92. The zero-order valence-electron chi connectivity index (χ0n) is 12.0. The van der Waals surface area contributed by atoms with Crippen LogP contribution in [0.2, 0.25) is 0 Å². The fourth-order valence-electron chi connectivity index (χ4n) is 1.65. The van der Waals surface area contributed by atoms with Gasteiger partial charge >= 0.3 is 0 Å². The fraction of sp³-hybridized carbons (Fsp3) is 0.667. The van der Waals surface area contributed by atoms with Crippen molar-refractivity contribution < 1.29 is 12.8 Å². The normalized spacial score (nSPS) is 12.5. The molecule has 0 amide bonds. The van der Waals surface area contributed by atoms with Gasteiger partial charge in [-0.3, -0.25) is 0 Å². The Hall–Kier alpha value is -0.890. The number of nitrogens with one attached hydrogen (secondary N) is 1. The van der Waals surface area contributed by atoms with E-state index in [2.05, 4.69) is 5.32 Å². The van der Waals surface area contributed by atoms with Gasteiger partial charge < -0.3 is 14.6 Å². The maximum absolute atomic E-state index is 12.2. The molecule has 0 bridgehead atoms. The lowest BCUT2D eigenvalue weighted by Gasteiger charge is -2.16. The molecule has 1 rings (SSSR count). The Kier molecular flexibility index (Phi) is 5.99. The van der Waals surface area contributed by atoms with E-state index in [1.54, 1.807) is 20.2 Å². The first-order valence-electron chi connectivity index (χ1n) is 6.22. The number of hydrogen-bond acceptors (Lipinski definition) is 5. The maximum Gasteiger partial charge on any atom is 0.276 e. The van der Waals surface area contributed by atoms with Gasteiger partial charge in [0.2, 0.25) is 5.09 Å². The van der Waals surface area contributed by atoms with Gasteiger partial charge in [-0.05, 0) is 46.2 Å². The molecule has 1 aromatic rings. The van der Waals surface area contributed by atoms with E-state index >= 15 is 0 Å². The molecule has 1 aromatic heterocycles. The van der Waals surface area contributed by atoms with Crippen molar-refractivity contribution in [3.8, 4) is 0 Å². The molecule has 7 heteroatoms. The summed E-state index contributed by atoms with van der Waals surface area (Å²) in [6.07, 6.45) is 0.785. The highest BCUT2D eigenvalue weighted by Crippen LogP contribution is 2.17. The Labute approximate surface area is 115 Å². The van der Waals surface area contributed by atoms with Crippen LogP contribution in [0.1, 0.15) is 12.2 Å². The van der Waals surface area contributed by atoms with Crippen molar-refractivity contribution in [3.05, 3.63) is 17.9 Å². The minimum Gasteiger partial charge on any atom is -0.447 e. The van der Waals surface area contributed by atoms with Gasteiger partial charge in [0.05, 0.1) is 6.54 Å². The molecule has 0 aliphatic heterocycles. The quantitative estimate of drug-likeness (QED) is 0.758. The third kappa shape index (κ3) is 4.61. The molecule has 0 radical (unpaired) electrons. The largest absolute Gasteiger partial charge is 0.447 e. The SMILES string of the molecule is CNCc1ccc(S(=O)(=O)N(C)CCCN(C)C)o1. The van der Waals surface area contributed by atoms with Crippen LogP contribution in [0.15, 0.2) is 21.6 Å². The minimum atomic E-state index is -3.51. The van der Waals surface area contributed by atoms with E-state index in [9.17, 15) is 8.42 Å². The predicted octanol–water partition coefficient (Wildman–Crippen LogP) is 0.571. The Morgan fingerprint density at radius 2 is 1.89 bits per heavy atom. The zero-order chi connectivity index (χ0) is 14.5. The van der Waals surface area contributed by atoms with Crippen LogP contribution in [0.3, 0.4) is 0 Å². The van der Waals surface area contributed by atoms with E-state index in [4.69, 9.17) is 4.42 Å². The first-order chi connectivity index (χ1) is 8.87. The van der Waals surface area contributed by atoms with E-state index in [0.29, 0.717) is 18.8 Å². The lowest BCUT2D eigenvalue weighted by molar-refractivity contribution is 0.356. The van der Waals surface area contributed by atoms with E-state index in [1.807, 2.05) is 19.0 Å². The number of hydrogen-bond donors (Lipinski definition) is 1. The van der Waals surface area contributed by atoms with Crippen molar-refractivity contribution in [1.82, 2.24) is 14.5 Å². The molecule has 0 saturated carbocycles. The topological polar surface area (TPSA) is 65.8 Å². The molecule has 0 aromatic carbocycles. The van der Waals surface area contributed by atoms with Crippen LogP contribution < -0.4 is 5.32 Å². The van der Waals surface area contributed by atoms with Crippen LogP contribution in [0.25, 0.3) is 0 Å². The van der Waals surface area contributed by atoms with Crippen molar-refractivity contribution in [2.45, 2.75) is 18.1 Å². The summed E-state index contributed by atoms with van der Waals surface area (Å²) in [5.74, 6) is 0.614. The third-order valence-electron chi connectivity index (χ3n) is 2.73. The number of rotatable bonds is 8. The first-order valence-corrected chi connectivity index (χ1v) is 7.66. The first kappa shape index (κ1) is 16.2. The van der Waals surface area contributed by atoms with Gasteiger partial charge in [0.25, 0.3) is 10.0 Å². The highest BCUT2D eigenvalue weighted by Gasteiger charge is 2.24. The molecule has 1 heterocycles. The average molecular weight is 289 g/mol. The van der Waals surface area contributed by atoms with Gasteiger partial charge in [-0.1, -0.05) is 0 Å². The van der Waals surface area contributed by atoms with Crippen molar-refractivity contribution in [3.63, 3.8) is 0 Å². The third-order valence-corrected chi connectivity index (χ3v) is 4.46. The monoisotopic (exact) mass is 289 g/mol. The molecular formula is C12H23N3O3S. The number of sulfonamides is 1. The molecule has 0 aliphatic carbocycles. The maximum atomic E-state index is 12.2. The summed E-state index contributed by atoms with van der Waals surface area (Å²) in [6, 6.07) is 3.18. The molecule has 0 saturated heterocycles. The van der Waals surface area contributed by atoms with E-state index in [0.717, 1.165) is 13.0 Å². The molecule has 6 nitrogen and oxygen atoms in total. The standard InChI is InChI=1S/C12H23N3O3S/c1-13-10-11-6-7-12(18-11)19(16,17)15(4)9-5-8-14(2)3/h6-7,13H,5,8-10H2,1-4H3. The van der Waals surface area contributed by atoms with Crippen LogP contribution in [0.4, 0.5) is 0 Å². The lowest BCUT2D eigenvalue weighted by Crippen LogP contribution is -2.29. The molecule has 110 valence electrons. The summed E-state index contributed by atoms with van der Waals surface area (Å²) in [5.41, 5.74) is 0. The Balaban J connectivity index is 2.67. The molecule has 0 unspecified atom stereocenters. The van der Waals surface area contributed by atoms with E-state index in [1.165, 1.54) is 10.4 Å². The van der Waals surface area contributed by atoms with Gasteiger partial charge in [0.15, 0.2) is 0 Å². The Bertz CT molecular complexity index is 482. The molecule has 0 atom stereocenters. The molecule has 1 N–H and O–H groups in total. The van der Waals surface area contributed by atoms with Gasteiger partial charge in [0.1, 0.15) is 5.76 Å². The Morgan fingerprint density at radius 1 is 1.21 bits per heavy atom. The molecule has 0 spiro atoms. The van der Waals surface area contributed by atoms with Gasteiger partial charge in [0, 0.05) is 13.6 Å². The highest BCUT2D eigenvalue weighted by atomic mass is 32.2. The molecule has 0 fully saturated rings. The summed E-state index contributed by atoms with van der Waals surface area (Å²) in [6.45, 7) is 1.84. The average Bonchev–Trinajstić information content (AvgIpc) is 2.78. The van der Waals surface area contributed by atoms with Gasteiger partial charge in [-0.25, -0.2) is 8.42 Å². The molecule has 19 heavy (non-hydrogen) atoms. The number of nitrogens with zero attached hydrogens (tertiary/aromatic N) is 2. The molecular weight excluding hydrogens is 266 g/mol. The van der Waals surface area contributed by atoms with Crippen LogP contribution >= 0.6 is 0 Å². The molecule has 0 aliphatic rings. The van der Waals surface area contributed by atoms with Crippen LogP contribution in [0.5, 0.6) is 0 Å². The fourth-order valence-corrected chi connectivity index (χ4v) is 2.78. The van der Waals surface area contributed by atoms with E-state index in [-0.39, 0.29) is 5.09 Å². The van der Waals surface area contributed by atoms with Crippen molar-refractivity contribution in [2.24, 2.45) is 0 Å². The van der Waals surface area contributed by atoms with Crippen LogP contribution in [0, 0.1) is 0 Å². The summed E-state index contributed by atoms with van der Waals surface area (Å²) in [7, 11) is 3.77. The second-order valence-corrected chi connectivity index (χ2v) is 6.71. The lowest BCUT2D eigenvalue weighted by atomic mass is 10.4. The Morgan fingerprint density at radius 3 is 2.47 bits per heavy atom.